The van der Waals surface area contributed by atoms with Crippen LogP contribution in [0.5, 0.6) is 5.75 Å². The Kier molecular flexibility index (Phi) is 5.61. The summed E-state index contributed by atoms with van der Waals surface area (Å²) in [4.78, 5) is 3.07. The van der Waals surface area contributed by atoms with Gasteiger partial charge in [-0.3, -0.25) is 4.72 Å². The molecule has 1 aliphatic carbocycles. The SMILES string of the molecule is O=S(=O)(Nc1cscn1)c1cc(Cl)c(OC2CCc3c2cccc3C(F)(F)F)cc1F. The van der Waals surface area contributed by atoms with Crippen molar-refractivity contribution in [3.8, 4) is 5.75 Å². The Morgan fingerprint density at radius 2 is 2.03 bits per heavy atom. The van der Waals surface area contributed by atoms with Gasteiger partial charge in [0.05, 0.1) is 16.1 Å². The van der Waals surface area contributed by atoms with Crippen LogP contribution < -0.4 is 9.46 Å². The Morgan fingerprint density at radius 1 is 1.26 bits per heavy atom. The summed E-state index contributed by atoms with van der Waals surface area (Å²) in [5.74, 6) is -1.25. The van der Waals surface area contributed by atoms with Gasteiger partial charge in [-0.15, -0.1) is 11.3 Å². The molecule has 5 nitrogen and oxygen atoms in total. The smallest absolute Gasteiger partial charge is 0.416 e. The molecule has 31 heavy (non-hydrogen) atoms. The van der Waals surface area contributed by atoms with Gasteiger partial charge in [-0.1, -0.05) is 23.7 Å². The number of benzene rings is 2. The van der Waals surface area contributed by atoms with Crippen molar-refractivity contribution in [3.05, 3.63) is 68.8 Å². The van der Waals surface area contributed by atoms with Crippen LogP contribution in [-0.2, 0) is 22.6 Å². The number of sulfonamides is 1. The Hall–Kier alpha value is -2.37. The van der Waals surface area contributed by atoms with Crippen molar-refractivity contribution in [2.24, 2.45) is 0 Å². The molecule has 0 bridgehead atoms. The lowest BCUT2D eigenvalue weighted by atomic mass is 10.0. The first-order chi connectivity index (χ1) is 14.6. The van der Waals surface area contributed by atoms with E-state index in [4.69, 9.17) is 16.3 Å². The molecule has 1 atom stereocenters. The van der Waals surface area contributed by atoms with E-state index in [0.717, 1.165) is 29.5 Å². The Bertz CT molecular complexity index is 1230. The lowest BCUT2D eigenvalue weighted by molar-refractivity contribution is -0.138. The predicted octanol–water partition coefficient (Wildman–Crippen LogP) is 5.82. The van der Waals surface area contributed by atoms with Crippen molar-refractivity contribution in [1.82, 2.24) is 4.98 Å². The molecule has 12 heteroatoms. The number of hydrogen-bond donors (Lipinski definition) is 1. The van der Waals surface area contributed by atoms with Crippen LogP contribution in [-0.4, -0.2) is 13.4 Å². The third-order valence-electron chi connectivity index (χ3n) is 4.74. The van der Waals surface area contributed by atoms with E-state index in [2.05, 4.69) is 9.71 Å². The van der Waals surface area contributed by atoms with Gasteiger partial charge >= 0.3 is 6.18 Å². The number of ether oxygens (including phenoxy) is 1. The van der Waals surface area contributed by atoms with Gasteiger partial charge in [0.15, 0.2) is 5.82 Å². The number of halogens is 5. The second kappa shape index (κ2) is 7.95. The summed E-state index contributed by atoms with van der Waals surface area (Å²) in [5, 5.41) is 1.24. The first-order valence-corrected chi connectivity index (χ1v) is 11.6. The molecular formula is C19H13ClF4N2O3S2. The molecule has 1 unspecified atom stereocenters. The topological polar surface area (TPSA) is 68.3 Å². The molecule has 1 aliphatic rings. The molecule has 1 aromatic heterocycles. The fraction of sp³-hybridized carbons (Fsp3) is 0.211. The molecule has 2 aromatic carbocycles. The standard InChI is InChI=1S/C19H13ClF4N2O3S2/c20-13-6-17(31(27,28)26-18-8-30-9-25-18)14(21)7-16(13)29-15-5-4-10-11(15)2-1-3-12(10)19(22,23)24/h1-3,6-9,15,26H,4-5H2. The van der Waals surface area contributed by atoms with E-state index >= 15 is 0 Å². The first kappa shape index (κ1) is 21.8. The van der Waals surface area contributed by atoms with Crippen LogP contribution in [0.4, 0.5) is 23.4 Å². The van der Waals surface area contributed by atoms with E-state index in [0.29, 0.717) is 5.56 Å². The average Bonchev–Trinajstić information content (AvgIpc) is 3.33. The van der Waals surface area contributed by atoms with Crippen molar-refractivity contribution in [2.45, 2.75) is 30.0 Å². The highest BCUT2D eigenvalue weighted by Gasteiger charge is 2.38. The quantitative estimate of drug-likeness (QED) is 0.456. The summed E-state index contributed by atoms with van der Waals surface area (Å²) < 4.78 is 87.0. The van der Waals surface area contributed by atoms with Gasteiger partial charge in [0.2, 0.25) is 0 Å². The highest BCUT2D eigenvalue weighted by molar-refractivity contribution is 7.92. The molecule has 0 fully saturated rings. The number of rotatable bonds is 5. The van der Waals surface area contributed by atoms with Crippen LogP contribution in [0, 0.1) is 5.82 Å². The monoisotopic (exact) mass is 492 g/mol. The second-order valence-corrected chi connectivity index (χ2v) is 9.49. The third-order valence-corrected chi connectivity index (χ3v) is 6.99. The van der Waals surface area contributed by atoms with Crippen LogP contribution in [0.1, 0.15) is 29.2 Å². The van der Waals surface area contributed by atoms with E-state index in [1.807, 2.05) is 0 Å². The summed E-state index contributed by atoms with van der Waals surface area (Å²) in [6.45, 7) is 0. The summed E-state index contributed by atoms with van der Waals surface area (Å²) in [7, 11) is -4.30. The fourth-order valence-corrected chi connectivity index (χ4v) is 5.34. The van der Waals surface area contributed by atoms with Gasteiger partial charge in [0.1, 0.15) is 22.6 Å². The molecule has 0 radical (unpaired) electrons. The summed E-state index contributed by atoms with van der Waals surface area (Å²) in [6.07, 6.45) is -4.89. The third kappa shape index (κ3) is 4.35. The molecule has 4 rings (SSSR count). The lowest BCUT2D eigenvalue weighted by Crippen LogP contribution is -2.15. The largest absolute Gasteiger partial charge is 0.484 e. The molecule has 1 N–H and O–H groups in total. The Balaban J connectivity index is 1.62. The van der Waals surface area contributed by atoms with Crippen molar-refractivity contribution < 1.29 is 30.7 Å². The maximum atomic E-state index is 14.6. The molecule has 164 valence electrons. The molecule has 0 amide bonds. The van der Waals surface area contributed by atoms with E-state index in [-0.39, 0.29) is 35.0 Å². The molecule has 1 heterocycles. The second-order valence-electron chi connectivity index (χ2n) is 6.71. The number of nitrogens with one attached hydrogen (secondary N) is 1. The summed E-state index contributed by atoms with van der Waals surface area (Å²) in [5.41, 5.74) is 1.14. The first-order valence-electron chi connectivity index (χ1n) is 8.82. The van der Waals surface area contributed by atoms with Gasteiger partial charge in [0, 0.05) is 11.4 Å². The minimum absolute atomic E-state index is 0.0314. The number of thiazole rings is 1. The average molecular weight is 493 g/mol. The number of aromatic nitrogens is 1. The molecule has 0 aliphatic heterocycles. The zero-order valence-corrected chi connectivity index (χ0v) is 17.8. The van der Waals surface area contributed by atoms with Crippen molar-refractivity contribution in [3.63, 3.8) is 0 Å². The minimum Gasteiger partial charge on any atom is -0.484 e. The Labute approximate surface area is 183 Å². The van der Waals surface area contributed by atoms with Crippen LogP contribution >= 0.6 is 22.9 Å². The molecule has 0 saturated heterocycles. The highest BCUT2D eigenvalue weighted by Crippen LogP contribution is 2.43. The number of fused-ring (bicyclic) bond motifs is 1. The summed E-state index contributed by atoms with van der Waals surface area (Å²) in [6, 6.07) is 5.50. The van der Waals surface area contributed by atoms with E-state index in [9.17, 15) is 26.0 Å². The molecule has 0 spiro atoms. The van der Waals surface area contributed by atoms with Crippen LogP contribution in [0.2, 0.25) is 5.02 Å². The summed E-state index contributed by atoms with van der Waals surface area (Å²) >= 11 is 7.27. The number of anilines is 1. The molecular weight excluding hydrogens is 480 g/mol. The minimum atomic E-state index is -4.50. The van der Waals surface area contributed by atoms with E-state index in [1.165, 1.54) is 23.0 Å². The normalized spacial score (nSPS) is 16.2. The maximum absolute atomic E-state index is 14.6. The number of nitrogens with zero attached hydrogens (tertiary/aromatic N) is 1. The molecule has 0 saturated carbocycles. The van der Waals surface area contributed by atoms with Crippen LogP contribution in [0.25, 0.3) is 0 Å². The van der Waals surface area contributed by atoms with Gasteiger partial charge in [0.25, 0.3) is 10.0 Å². The van der Waals surface area contributed by atoms with Crippen LogP contribution in [0.3, 0.4) is 0 Å². The molecule has 3 aromatic rings. The van der Waals surface area contributed by atoms with E-state index in [1.54, 1.807) is 0 Å². The lowest BCUT2D eigenvalue weighted by Gasteiger charge is -2.18. The Morgan fingerprint density at radius 3 is 2.71 bits per heavy atom. The van der Waals surface area contributed by atoms with Crippen LogP contribution in [0.15, 0.2) is 46.1 Å². The number of alkyl halides is 3. The van der Waals surface area contributed by atoms with Gasteiger partial charge in [-0.25, -0.2) is 17.8 Å². The highest BCUT2D eigenvalue weighted by atomic mass is 35.5. The fourth-order valence-electron chi connectivity index (χ4n) is 3.42. The van der Waals surface area contributed by atoms with Gasteiger partial charge in [-0.05, 0) is 36.1 Å². The number of hydrogen-bond acceptors (Lipinski definition) is 5. The van der Waals surface area contributed by atoms with Crippen molar-refractivity contribution >= 4 is 38.8 Å². The van der Waals surface area contributed by atoms with Gasteiger partial charge < -0.3 is 4.74 Å². The van der Waals surface area contributed by atoms with Crippen molar-refractivity contribution in [1.29, 1.82) is 0 Å². The van der Waals surface area contributed by atoms with Gasteiger partial charge in [-0.2, -0.15) is 13.2 Å². The maximum Gasteiger partial charge on any atom is 0.416 e. The predicted molar refractivity (Wildman–Crippen MR) is 107 cm³/mol. The zero-order chi connectivity index (χ0) is 22.4. The zero-order valence-electron chi connectivity index (χ0n) is 15.4. The van der Waals surface area contributed by atoms with E-state index < -0.39 is 38.6 Å². The van der Waals surface area contributed by atoms with Crippen molar-refractivity contribution in [2.75, 3.05) is 4.72 Å².